The summed E-state index contributed by atoms with van der Waals surface area (Å²) in [6.45, 7) is 0.217. The van der Waals surface area contributed by atoms with E-state index in [1.165, 1.54) is 18.2 Å². The number of nitrogens with one attached hydrogen (secondary N) is 1. The van der Waals surface area contributed by atoms with Crippen molar-refractivity contribution in [3.8, 4) is 11.8 Å². The number of rotatable bonds is 6. The lowest BCUT2D eigenvalue weighted by atomic mass is 10.1. The van der Waals surface area contributed by atoms with Gasteiger partial charge in [-0.2, -0.15) is 5.26 Å². The molecule has 0 heterocycles. The van der Waals surface area contributed by atoms with E-state index in [1.807, 2.05) is 12.1 Å². The third-order valence-electron chi connectivity index (χ3n) is 4.03. The van der Waals surface area contributed by atoms with Gasteiger partial charge in [-0.25, -0.2) is 4.39 Å². The molecule has 30 heavy (non-hydrogen) atoms. The average molecular weight is 530 g/mol. The fourth-order valence-corrected chi connectivity index (χ4v) is 3.35. The molecule has 150 valence electrons. The second kappa shape index (κ2) is 10.2. The average Bonchev–Trinajstić information content (AvgIpc) is 2.72. The Labute approximate surface area is 190 Å². The number of amides is 1. The molecule has 0 saturated heterocycles. The molecule has 1 amide bonds. The van der Waals surface area contributed by atoms with Crippen LogP contribution in [0, 0.1) is 17.1 Å². The number of carbonyl (C=O) groups is 1. The van der Waals surface area contributed by atoms with Crippen LogP contribution in [0.2, 0.25) is 0 Å². The van der Waals surface area contributed by atoms with Crippen molar-refractivity contribution in [3.63, 3.8) is 0 Å². The zero-order valence-electron chi connectivity index (χ0n) is 15.5. The Kier molecular flexibility index (Phi) is 7.39. The Hall–Kier alpha value is -2.95. The smallest absolute Gasteiger partial charge is 0.266 e. The van der Waals surface area contributed by atoms with Gasteiger partial charge in [0.25, 0.3) is 5.91 Å². The van der Waals surface area contributed by atoms with Gasteiger partial charge in [-0.3, -0.25) is 4.79 Å². The van der Waals surface area contributed by atoms with Crippen molar-refractivity contribution >= 4 is 49.5 Å². The number of nitriles is 1. The summed E-state index contributed by atoms with van der Waals surface area (Å²) in [6, 6.07) is 20.3. The SMILES string of the molecule is N#C/C(=C/c1cc(Br)ccc1OCc1ccc(F)cc1)C(=O)Nc1cccc(Br)c1. The van der Waals surface area contributed by atoms with E-state index < -0.39 is 5.91 Å². The summed E-state index contributed by atoms with van der Waals surface area (Å²) in [5.74, 6) is -0.355. The largest absolute Gasteiger partial charge is 0.488 e. The molecule has 0 aromatic heterocycles. The van der Waals surface area contributed by atoms with Crippen LogP contribution < -0.4 is 10.1 Å². The first-order chi connectivity index (χ1) is 14.4. The van der Waals surface area contributed by atoms with Crippen molar-refractivity contribution in [2.45, 2.75) is 6.61 Å². The summed E-state index contributed by atoms with van der Waals surface area (Å²) in [6.07, 6.45) is 1.47. The molecular formula is C23H15Br2FN2O2. The molecule has 3 aromatic rings. The van der Waals surface area contributed by atoms with Crippen LogP contribution in [0.4, 0.5) is 10.1 Å². The van der Waals surface area contributed by atoms with Gasteiger partial charge in [0.2, 0.25) is 0 Å². The quantitative estimate of drug-likeness (QED) is 0.294. The maximum absolute atomic E-state index is 13.1. The van der Waals surface area contributed by atoms with Gasteiger partial charge in [0.15, 0.2) is 0 Å². The molecule has 0 aliphatic heterocycles. The summed E-state index contributed by atoms with van der Waals surface area (Å²) in [4.78, 5) is 12.6. The van der Waals surface area contributed by atoms with Crippen LogP contribution in [0.25, 0.3) is 6.08 Å². The van der Waals surface area contributed by atoms with Crippen molar-refractivity contribution in [1.29, 1.82) is 5.26 Å². The van der Waals surface area contributed by atoms with Crippen LogP contribution in [0.5, 0.6) is 5.75 Å². The Morgan fingerprint density at radius 3 is 2.50 bits per heavy atom. The standard InChI is InChI=1S/C23H15Br2FN2O2/c24-18-2-1-3-21(12-18)28-23(29)17(13-27)10-16-11-19(25)6-9-22(16)30-14-15-4-7-20(26)8-5-15/h1-12H,14H2,(H,28,29)/b17-10-. The highest BCUT2D eigenvalue weighted by Gasteiger charge is 2.12. The van der Waals surface area contributed by atoms with Gasteiger partial charge >= 0.3 is 0 Å². The summed E-state index contributed by atoms with van der Waals surface area (Å²) in [5, 5.41) is 12.2. The number of nitrogens with zero attached hydrogens (tertiary/aromatic N) is 1. The maximum atomic E-state index is 13.1. The van der Waals surface area contributed by atoms with E-state index in [-0.39, 0.29) is 18.0 Å². The van der Waals surface area contributed by atoms with Gasteiger partial charge in [0.1, 0.15) is 29.8 Å². The van der Waals surface area contributed by atoms with Gasteiger partial charge < -0.3 is 10.1 Å². The molecule has 0 saturated carbocycles. The highest BCUT2D eigenvalue weighted by molar-refractivity contribution is 9.10. The number of ether oxygens (including phenoxy) is 1. The van der Waals surface area contributed by atoms with Crippen LogP contribution in [0.1, 0.15) is 11.1 Å². The Balaban J connectivity index is 1.82. The predicted octanol–water partition coefficient (Wildman–Crippen LogP) is 6.48. The summed E-state index contributed by atoms with van der Waals surface area (Å²) < 4.78 is 20.5. The first kappa shape index (κ1) is 21.8. The highest BCUT2D eigenvalue weighted by Crippen LogP contribution is 2.27. The molecule has 0 spiro atoms. The molecule has 0 atom stereocenters. The number of hydrogen-bond acceptors (Lipinski definition) is 3. The van der Waals surface area contributed by atoms with Crippen molar-refractivity contribution in [1.82, 2.24) is 0 Å². The van der Waals surface area contributed by atoms with Gasteiger partial charge in [0, 0.05) is 20.2 Å². The molecule has 3 rings (SSSR count). The van der Waals surface area contributed by atoms with Crippen molar-refractivity contribution in [3.05, 3.63) is 98.2 Å². The number of carbonyl (C=O) groups excluding carboxylic acids is 1. The molecule has 0 unspecified atom stereocenters. The minimum absolute atomic E-state index is 0.0697. The molecule has 4 nitrogen and oxygen atoms in total. The van der Waals surface area contributed by atoms with Gasteiger partial charge in [0.05, 0.1) is 0 Å². The predicted molar refractivity (Wildman–Crippen MR) is 121 cm³/mol. The van der Waals surface area contributed by atoms with E-state index in [0.717, 1.165) is 14.5 Å². The molecule has 0 aliphatic carbocycles. The van der Waals surface area contributed by atoms with Crippen LogP contribution in [-0.4, -0.2) is 5.91 Å². The first-order valence-corrected chi connectivity index (χ1v) is 10.4. The number of benzene rings is 3. The fourth-order valence-electron chi connectivity index (χ4n) is 2.57. The number of halogens is 3. The van der Waals surface area contributed by atoms with Gasteiger partial charge in [-0.05, 0) is 60.2 Å². The second-order valence-electron chi connectivity index (χ2n) is 6.23. The van der Waals surface area contributed by atoms with Crippen LogP contribution in [0.15, 0.2) is 81.2 Å². The Morgan fingerprint density at radius 1 is 1.07 bits per heavy atom. The van der Waals surface area contributed by atoms with Crippen molar-refractivity contribution in [2.24, 2.45) is 0 Å². The summed E-state index contributed by atoms with van der Waals surface area (Å²) in [7, 11) is 0. The second-order valence-corrected chi connectivity index (χ2v) is 8.06. The maximum Gasteiger partial charge on any atom is 0.266 e. The molecule has 0 fully saturated rings. The lowest BCUT2D eigenvalue weighted by Crippen LogP contribution is -2.13. The van der Waals surface area contributed by atoms with Crippen LogP contribution in [-0.2, 0) is 11.4 Å². The topological polar surface area (TPSA) is 62.1 Å². The van der Waals surface area contributed by atoms with E-state index >= 15 is 0 Å². The monoisotopic (exact) mass is 528 g/mol. The van der Waals surface area contributed by atoms with Crippen molar-refractivity contribution < 1.29 is 13.9 Å². The molecule has 0 radical (unpaired) electrons. The molecule has 3 aromatic carbocycles. The van der Waals surface area contributed by atoms with Crippen molar-refractivity contribution in [2.75, 3.05) is 5.32 Å². The van der Waals surface area contributed by atoms with Gasteiger partial charge in [-0.1, -0.05) is 50.1 Å². The Morgan fingerprint density at radius 2 is 1.80 bits per heavy atom. The Bertz CT molecular complexity index is 1140. The normalized spacial score (nSPS) is 10.9. The third-order valence-corrected chi connectivity index (χ3v) is 5.01. The third kappa shape index (κ3) is 6.02. The van der Waals surface area contributed by atoms with Crippen LogP contribution >= 0.6 is 31.9 Å². The van der Waals surface area contributed by atoms with E-state index in [4.69, 9.17) is 4.74 Å². The minimum atomic E-state index is -0.528. The highest BCUT2D eigenvalue weighted by atomic mass is 79.9. The summed E-state index contributed by atoms with van der Waals surface area (Å²) in [5.41, 5.74) is 1.85. The lowest BCUT2D eigenvalue weighted by Gasteiger charge is -2.11. The molecule has 7 heteroatoms. The molecule has 1 N–H and O–H groups in total. The van der Waals surface area contributed by atoms with Crippen LogP contribution in [0.3, 0.4) is 0 Å². The lowest BCUT2D eigenvalue weighted by molar-refractivity contribution is -0.112. The van der Waals surface area contributed by atoms with E-state index in [0.29, 0.717) is 17.0 Å². The number of hydrogen-bond donors (Lipinski definition) is 1. The molecular weight excluding hydrogens is 515 g/mol. The zero-order chi connectivity index (χ0) is 21.5. The van der Waals surface area contributed by atoms with E-state index in [2.05, 4.69) is 37.2 Å². The van der Waals surface area contributed by atoms with E-state index in [9.17, 15) is 14.4 Å². The zero-order valence-corrected chi connectivity index (χ0v) is 18.7. The number of anilines is 1. The van der Waals surface area contributed by atoms with E-state index in [1.54, 1.807) is 48.5 Å². The summed E-state index contributed by atoms with van der Waals surface area (Å²) >= 11 is 6.74. The van der Waals surface area contributed by atoms with Gasteiger partial charge in [-0.15, -0.1) is 0 Å². The molecule has 0 bridgehead atoms. The fraction of sp³-hybridized carbons (Fsp3) is 0.0435. The first-order valence-electron chi connectivity index (χ1n) is 8.80. The minimum Gasteiger partial charge on any atom is -0.488 e. The molecule has 0 aliphatic rings.